The second kappa shape index (κ2) is 4.53. The molecule has 0 aliphatic rings. The van der Waals surface area contributed by atoms with Gasteiger partial charge in [0.1, 0.15) is 6.33 Å². The maximum absolute atomic E-state index is 10.6. The van der Waals surface area contributed by atoms with Gasteiger partial charge in [-0.2, -0.15) is 4.68 Å². The highest BCUT2D eigenvalue weighted by atomic mass is 16.5. The molecular formula is C8H8N6O2. The van der Waals surface area contributed by atoms with Crippen LogP contribution < -0.4 is 0 Å². The van der Waals surface area contributed by atoms with E-state index in [1.54, 1.807) is 0 Å². The molecule has 8 heteroatoms. The summed E-state index contributed by atoms with van der Waals surface area (Å²) in [5.41, 5.74) is 0.439. The van der Waals surface area contributed by atoms with Crippen LogP contribution in [0.3, 0.4) is 0 Å². The van der Waals surface area contributed by atoms with Gasteiger partial charge >= 0.3 is 0 Å². The average molecular weight is 220 g/mol. The van der Waals surface area contributed by atoms with Crippen LogP contribution in [0.1, 0.15) is 11.8 Å². The fourth-order valence-electron chi connectivity index (χ4n) is 1.11. The van der Waals surface area contributed by atoms with Gasteiger partial charge in [0, 0.05) is 7.11 Å². The number of tetrazole rings is 1. The van der Waals surface area contributed by atoms with Gasteiger partial charge < -0.3 is 4.74 Å². The van der Waals surface area contributed by atoms with E-state index in [0.717, 1.165) is 0 Å². The smallest absolute Gasteiger partial charge is 0.175 e. The number of carbonyl (C=O) groups is 1. The molecule has 2 rings (SSSR count). The average Bonchev–Trinajstić information content (AvgIpc) is 2.85. The van der Waals surface area contributed by atoms with Crippen molar-refractivity contribution in [1.29, 1.82) is 0 Å². The molecule has 0 aromatic carbocycles. The Morgan fingerprint density at radius 3 is 2.81 bits per heavy atom. The lowest BCUT2D eigenvalue weighted by atomic mass is 10.3. The van der Waals surface area contributed by atoms with E-state index in [-0.39, 0.29) is 0 Å². The number of aromatic nitrogens is 6. The molecule has 2 heterocycles. The molecule has 8 nitrogen and oxygen atoms in total. The molecule has 82 valence electrons. The quantitative estimate of drug-likeness (QED) is 0.631. The van der Waals surface area contributed by atoms with Crippen molar-refractivity contribution < 1.29 is 9.53 Å². The van der Waals surface area contributed by atoms with E-state index < -0.39 is 6.10 Å². The lowest BCUT2D eigenvalue weighted by molar-refractivity contribution is -0.116. The van der Waals surface area contributed by atoms with E-state index >= 15 is 0 Å². The van der Waals surface area contributed by atoms with Crippen LogP contribution in [0.25, 0.3) is 5.82 Å². The van der Waals surface area contributed by atoms with Crippen molar-refractivity contribution in [3.05, 3.63) is 24.4 Å². The van der Waals surface area contributed by atoms with Gasteiger partial charge in [-0.05, 0) is 10.4 Å². The summed E-state index contributed by atoms with van der Waals surface area (Å²) >= 11 is 0. The van der Waals surface area contributed by atoms with Crippen LogP contribution in [0, 0.1) is 0 Å². The first kappa shape index (κ1) is 10.3. The van der Waals surface area contributed by atoms with E-state index in [0.29, 0.717) is 17.8 Å². The number of methoxy groups -OCH3 is 1. The molecular weight excluding hydrogens is 212 g/mol. The molecule has 0 saturated carbocycles. The third-order valence-corrected chi connectivity index (χ3v) is 1.91. The number of rotatable bonds is 4. The number of hydrogen-bond donors (Lipinski definition) is 0. The summed E-state index contributed by atoms with van der Waals surface area (Å²) in [6.45, 7) is 0. The molecule has 0 aliphatic heterocycles. The van der Waals surface area contributed by atoms with Crippen LogP contribution in [0.15, 0.2) is 18.7 Å². The van der Waals surface area contributed by atoms with E-state index in [1.807, 2.05) is 0 Å². The monoisotopic (exact) mass is 220 g/mol. The van der Waals surface area contributed by atoms with Gasteiger partial charge in [-0.3, -0.25) is 9.78 Å². The van der Waals surface area contributed by atoms with Crippen molar-refractivity contribution in [3.8, 4) is 5.82 Å². The van der Waals surface area contributed by atoms with Crippen molar-refractivity contribution in [2.45, 2.75) is 6.10 Å². The van der Waals surface area contributed by atoms with Crippen LogP contribution in [-0.2, 0) is 9.53 Å². The Morgan fingerprint density at radius 2 is 2.31 bits per heavy atom. The van der Waals surface area contributed by atoms with Gasteiger partial charge in [0.15, 0.2) is 18.2 Å². The Labute approximate surface area is 90.3 Å². The standard InChI is InChI=1S/C8H8N6O2/c1-16-7(4-15)6-2-10-8(3-9-6)14-5-11-12-13-14/h2-5,7H,1H3. The van der Waals surface area contributed by atoms with Crippen molar-refractivity contribution in [3.63, 3.8) is 0 Å². The third-order valence-electron chi connectivity index (χ3n) is 1.91. The van der Waals surface area contributed by atoms with Crippen LogP contribution in [0.4, 0.5) is 0 Å². The highest BCUT2D eigenvalue weighted by Crippen LogP contribution is 2.10. The first-order valence-electron chi connectivity index (χ1n) is 4.38. The van der Waals surface area contributed by atoms with E-state index in [1.165, 1.54) is 30.5 Å². The van der Waals surface area contributed by atoms with Crippen molar-refractivity contribution in [2.75, 3.05) is 7.11 Å². The third kappa shape index (κ3) is 1.91. The predicted molar refractivity (Wildman–Crippen MR) is 50.6 cm³/mol. The summed E-state index contributed by atoms with van der Waals surface area (Å²) in [5.74, 6) is 0.467. The summed E-state index contributed by atoms with van der Waals surface area (Å²) in [6, 6.07) is 0. The molecule has 1 atom stereocenters. The summed E-state index contributed by atoms with van der Waals surface area (Å²) < 4.78 is 6.26. The highest BCUT2D eigenvalue weighted by molar-refractivity contribution is 5.58. The van der Waals surface area contributed by atoms with E-state index in [9.17, 15) is 4.79 Å². The number of nitrogens with zero attached hydrogens (tertiary/aromatic N) is 6. The van der Waals surface area contributed by atoms with Crippen molar-refractivity contribution in [2.24, 2.45) is 0 Å². The maximum atomic E-state index is 10.6. The summed E-state index contributed by atoms with van der Waals surface area (Å²) in [4.78, 5) is 18.7. The highest BCUT2D eigenvalue weighted by Gasteiger charge is 2.11. The predicted octanol–water partition coefficient (Wildman–Crippen LogP) is -0.661. The van der Waals surface area contributed by atoms with Crippen molar-refractivity contribution in [1.82, 2.24) is 30.2 Å². The SMILES string of the molecule is COC(C=O)c1cnc(-n2cnnn2)cn1. The molecule has 0 radical (unpaired) electrons. The number of hydrogen-bond acceptors (Lipinski definition) is 7. The van der Waals surface area contributed by atoms with Gasteiger partial charge in [0.25, 0.3) is 0 Å². The molecule has 0 bridgehead atoms. The first-order valence-corrected chi connectivity index (χ1v) is 4.38. The Kier molecular flexibility index (Phi) is 2.92. The van der Waals surface area contributed by atoms with Crippen LogP contribution >= 0.6 is 0 Å². The molecule has 2 aromatic heterocycles. The molecule has 0 amide bonds. The topological polar surface area (TPSA) is 95.7 Å². The normalized spacial score (nSPS) is 12.3. The van der Waals surface area contributed by atoms with Crippen LogP contribution in [0.5, 0.6) is 0 Å². The maximum Gasteiger partial charge on any atom is 0.175 e. The van der Waals surface area contributed by atoms with Crippen LogP contribution in [-0.4, -0.2) is 43.6 Å². The Bertz CT molecular complexity index is 454. The number of ether oxygens (including phenoxy) is 1. The Hall–Kier alpha value is -2.22. The summed E-state index contributed by atoms with van der Waals surface area (Å²) in [6.07, 6.45) is 4.26. The molecule has 0 aliphatic carbocycles. The largest absolute Gasteiger partial charge is 0.368 e. The van der Waals surface area contributed by atoms with Gasteiger partial charge in [-0.25, -0.2) is 4.98 Å². The fraction of sp³-hybridized carbons (Fsp3) is 0.250. The zero-order chi connectivity index (χ0) is 11.4. The molecule has 0 spiro atoms. The zero-order valence-electron chi connectivity index (χ0n) is 8.39. The van der Waals surface area contributed by atoms with Crippen LogP contribution in [0.2, 0.25) is 0 Å². The minimum Gasteiger partial charge on any atom is -0.368 e. The fourth-order valence-corrected chi connectivity index (χ4v) is 1.11. The Morgan fingerprint density at radius 1 is 1.44 bits per heavy atom. The lowest BCUT2D eigenvalue weighted by Crippen LogP contribution is -2.07. The van der Waals surface area contributed by atoms with E-state index in [2.05, 4.69) is 25.5 Å². The molecule has 0 N–H and O–H groups in total. The van der Waals surface area contributed by atoms with Gasteiger partial charge in [0.2, 0.25) is 0 Å². The second-order valence-electron chi connectivity index (χ2n) is 2.85. The zero-order valence-corrected chi connectivity index (χ0v) is 8.39. The van der Waals surface area contributed by atoms with Gasteiger partial charge in [-0.15, -0.1) is 5.10 Å². The molecule has 1 unspecified atom stereocenters. The number of aldehydes is 1. The second-order valence-corrected chi connectivity index (χ2v) is 2.85. The molecule has 0 saturated heterocycles. The molecule has 2 aromatic rings. The van der Waals surface area contributed by atoms with Gasteiger partial charge in [-0.1, -0.05) is 0 Å². The van der Waals surface area contributed by atoms with Crippen molar-refractivity contribution >= 4 is 6.29 Å². The summed E-state index contributed by atoms with van der Waals surface area (Å²) in [7, 11) is 1.43. The molecule has 16 heavy (non-hydrogen) atoms. The number of carbonyl (C=O) groups excluding carboxylic acids is 1. The lowest BCUT2D eigenvalue weighted by Gasteiger charge is -2.06. The minimum absolute atomic E-state index is 0.439. The first-order chi connectivity index (χ1) is 7.85. The van der Waals surface area contributed by atoms with E-state index in [4.69, 9.17) is 4.74 Å². The van der Waals surface area contributed by atoms with Gasteiger partial charge in [0.05, 0.1) is 18.1 Å². The minimum atomic E-state index is -0.699. The summed E-state index contributed by atoms with van der Waals surface area (Å²) in [5, 5.41) is 10.6. The Balaban J connectivity index is 2.26. The molecule has 0 fully saturated rings.